The van der Waals surface area contributed by atoms with Gasteiger partial charge in [0.25, 0.3) is 0 Å². The van der Waals surface area contributed by atoms with E-state index >= 15 is 0 Å². The predicted molar refractivity (Wildman–Crippen MR) is 87.0 cm³/mol. The van der Waals surface area contributed by atoms with Gasteiger partial charge in [-0.2, -0.15) is 0 Å². The Kier molecular flexibility index (Phi) is 13.7. The smallest absolute Gasteiger partial charge is 0.0177 e. The maximum Gasteiger partial charge on any atom is 0.0177 e. The molecule has 0 aliphatic heterocycles. The summed E-state index contributed by atoms with van der Waals surface area (Å²) in [5.74, 6) is 0.967. The Bertz CT molecular complexity index is 148. The molecule has 104 valence electrons. The summed E-state index contributed by atoms with van der Waals surface area (Å²) in [6.45, 7) is 6.97. The standard InChI is InChI=1S/C15H32S2/c1-5-8-10-11-13-14(12-9-6-2)15(7-3)17-16-4/h14-15H,5-13H2,1-4H3/t14?,15-/m0/s1. The van der Waals surface area contributed by atoms with E-state index in [1.807, 2.05) is 10.8 Å². The first-order valence-corrected chi connectivity index (χ1v) is 10.1. The van der Waals surface area contributed by atoms with Crippen LogP contribution in [0.4, 0.5) is 0 Å². The summed E-state index contributed by atoms with van der Waals surface area (Å²) in [5.41, 5.74) is 0. The molecule has 0 rings (SSSR count). The molecule has 0 aromatic rings. The monoisotopic (exact) mass is 276 g/mol. The fourth-order valence-electron chi connectivity index (χ4n) is 2.42. The van der Waals surface area contributed by atoms with Crippen molar-refractivity contribution in [2.45, 2.75) is 83.8 Å². The van der Waals surface area contributed by atoms with Crippen LogP contribution in [0.15, 0.2) is 0 Å². The van der Waals surface area contributed by atoms with Crippen molar-refractivity contribution < 1.29 is 0 Å². The van der Waals surface area contributed by atoms with E-state index in [1.54, 1.807) is 0 Å². The van der Waals surface area contributed by atoms with Crippen LogP contribution in [0.5, 0.6) is 0 Å². The molecule has 0 aliphatic rings. The quantitative estimate of drug-likeness (QED) is 0.293. The molecule has 0 saturated carbocycles. The zero-order valence-corrected chi connectivity index (χ0v) is 14.0. The van der Waals surface area contributed by atoms with Gasteiger partial charge in [0.05, 0.1) is 0 Å². The fraction of sp³-hybridized carbons (Fsp3) is 1.00. The topological polar surface area (TPSA) is 0 Å². The van der Waals surface area contributed by atoms with Crippen molar-refractivity contribution in [1.82, 2.24) is 0 Å². The summed E-state index contributed by atoms with van der Waals surface area (Å²) in [6.07, 6.45) is 14.9. The molecular weight excluding hydrogens is 244 g/mol. The highest BCUT2D eigenvalue weighted by atomic mass is 33.1. The lowest BCUT2D eigenvalue weighted by atomic mass is 9.91. The second-order valence-electron chi connectivity index (χ2n) is 4.96. The lowest BCUT2D eigenvalue weighted by Crippen LogP contribution is -2.16. The first-order chi connectivity index (χ1) is 8.29. The molecule has 0 aliphatic carbocycles. The number of rotatable bonds is 12. The van der Waals surface area contributed by atoms with Crippen molar-refractivity contribution in [2.75, 3.05) is 6.26 Å². The van der Waals surface area contributed by atoms with Gasteiger partial charge in [-0.15, -0.1) is 0 Å². The van der Waals surface area contributed by atoms with Gasteiger partial charge in [-0.05, 0) is 31.4 Å². The normalized spacial score (nSPS) is 14.8. The number of hydrogen-bond donors (Lipinski definition) is 0. The van der Waals surface area contributed by atoms with Crippen LogP contribution in [-0.2, 0) is 0 Å². The van der Waals surface area contributed by atoms with E-state index in [4.69, 9.17) is 0 Å². The number of unbranched alkanes of at least 4 members (excludes halogenated alkanes) is 4. The molecule has 0 N–H and O–H groups in total. The third-order valence-electron chi connectivity index (χ3n) is 3.50. The van der Waals surface area contributed by atoms with E-state index in [9.17, 15) is 0 Å². The average molecular weight is 277 g/mol. The molecule has 2 atom stereocenters. The highest BCUT2D eigenvalue weighted by Crippen LogP contribution is 2.36. The van der Waals surface area contributed by atoms with Crippen molar-refractivity contribution >= 4 is 21.6 Å². The van der Waals surface area contributed by atoms with E-state index < -0.39 is 0 Å². The first kappa shape index (κ1) is 17.7. The van der Waals surface area contributed by atoms with Crippen LogP contribution in [0.2, 0.25) is 0 Å². The van der Waals surface area contributed by atoms with Crippen LogP contribution in [0.1, 0.15) is 78.6 Å². The van der Waals surface area contributed by atoms with Gasteiger partial charge in [-0.3, -0.25) is 0 Å². The first-order valence-electron chi connectivity index (χ1n) is 7.49. The molecule has 0 heterocycles. The molecule has 0 bridgehead atoms. The maximum absolute atomic E-state index is 2.36. The van der Waals surface area contributed by atoms with E-state index in [1.165, 1.54) is 57.8 Å². The lowest BCUT2D eigenvalue weighted by Gasteiger charge is -2.25. The molecule has 0 aromatic carbocycles. The third-order valence-corrected chi connectivity index (χ3v) is 5.98. The summed E-state index contributed by atoms with van der Waals surface area (Å²) in [4.78, 5) is 0. The van der Waals surface area contributed by atoms with Crippen LogP contribution < -0.4 is 0 Å². The Morgan fingerprint density at radius 3 is 2.00 bits per heavy atom. The molecule has 17 heavy (non-hydrogen) atoms. The average Bonchev–Trinajstić information content (AvgIpc) is 2.35. The van der Waals surface area contributed by atoms with Crippen molar-refractivity contribution in [1.29, 1.82) is 0 Å². The Balaban J connectivity index is 4.00. The van der Waals surface area contributed by atoms with Crippen LogP contribution >= 0.6 is 21.6 Å². The van der Waals surface area contributed by atoms with Crippen molar-refractivity contribution in [2.24, 2.45) is 5.92 Å². The van der Waals surface area contributed by atoms with E-state index in [2.05, 4.69) is 37.8 Å². The zero-order chi connectivity index (χ0) is 12.9. The van der Waals surface area contributed by atoms with Gasteiger partial charge in [0.1, 0.15) is 0 Å². The molecule has 0 nitrogen and oxygen atoms in total. The molecule has 0 radical (unpaired) electrons. The summed E-state index contributed by atoms with van der Waals surface area (Å²) in [6, 6.07) is 0. The molecule has 1 unspecified atom stereocenters. The molecule has 0 spiro atoms. The Labute approximate surface area is 117 Å². The van der Waals surface area contributed by atoms with E-state index in [0.717, 1.165) is 11.2 Å². The molecule has 0 amide bonds. The third kappa shape index (κ3) is 9.30. The SMILES string of the molecule is CCCCCCC(CCCC)[C@H](CC)SSC. The Morgan fingerprint density at radius 1 is 0.824 bits per heavy atom. The second-order valence-corrected chi connectivity index (χ2v) is 7.67. The highest BCUT2D eigenvalue weighted by Gasteiger charge is 2.19. The van der Waals surface area contributed by atoms with Crippen molar-refractivity contribution in [3.8, 4) is 0 Å². The minimum atomic E-state index is 0.887. The Morgan fingerprint density at radius 2 is 1.47 bits per heavy atom. The van der Waals surface area contributed by atoms with Crippen LogP contribution in [0.3, 0.4) is 0 Å². The van der Waals surface area contributed by atoms with Crippen LogP contribution in [-0.4, -0.2) is 11.5 Å². The van der Waals surface area contributed by atoms with Gasteiger partial charge >= 0.3 is 0 Å². The summed E-state index contributed by atoms with van der Waals surface area (Å²) >= 11 is 0. The summed E-state index contributed by atoms with van der Waals surface area (Å²) in [7, 11) is 4.07. The number of hydrogen-bond acceptors (Lipinski definition) is 2. The molecule has 0 fully saturated rings. The van der Waals surface area contributed by atoms with Crippen molar-refractivity contribution in [3.05, 3.63) is 0 Å². The van der Waals surface area contributed by atoms with Gasteiger partial charge in [0, 0.05) is 5.25 Å². The van der Waals surface area contributed by atoms with Gasteiger partial charge in [-0.1, -0.05) is 80.9 Å². The zero-order valence-electron chi connectivity index (χ0n) is 12.3. The highest BCUT2D eigenvalue weighted by molar-refractivity contribution is 8.76. The van der Waals surface area contributed by atoms with Crippen molar-refractivity contribution in [3.63, 3.8) is 0 Å². The lowest BCUT2D eigenvalue weighted by molar-refractivity contribution is 0.395. The maximum atomic E-state index is 2.36. The minimum Gasteiger partial charge on any atom is -0.0973 e. The molecule has 0 aromatic heterocycles. The molecule has 0 saturated heterocycles. The Hall–Kier alpha value is 0.700. The molecule has 2 heteroatoms. The van der Waals surface area contributed by atoms with Gasteiger partial charge < -0.3 is 0 Å². The largest absolute Gasteiger partial charge is 0.0973 e. The summed E-state index contributed by atoms with van der Waals surface area (Å²) < 4.78 is 0. The van der Waals surface area contributed by atoms with Gasteiger partial charge in [0.15, 0.2) is 0 Å². The van der Waals surface area contributed by atoms with Gasteiger partial charge in [0.2, 0.25) is 0 Å². The molecular formula is C15H32S2. The van der Waals surface area contributed by atoms with Gasteiger partial charge in [-0.25, -0.2) is 0 Å². The van der Waals surface area contributed by atoms with E-state index in [-0.39, 0.29) is 0 Å². The predicted octanol–water partition coefficient (Wildman–Crippen LogP) is 6.55. The fourth-order valence-corrected chi connectivity index (χ4v) is 4.85. The minimum absolute atomic E-state index is 0.887. The van der Waals surface area contributed by atoms with Crippen LogP contribution in [0.25, 0.3) is 0 Å². The second kappa shape index (κ2) is 13.1. The van der Waals surface area contributed by atoms with Crippen LogP contribution in [0, 0.1) is 5.92 Å². The van der Waals surface area contributed by atoms with E-state index in [0.29, 0.717) is 0 Å². The summed E-state index contributed by atoms with van der Waals surface area (Å²) in [5, 5.41) is 0.887.